The van der Waals surface area contributed by atoms with Crippen molar-refractivity contribution in [3.63, 3.8) is 0 Å². The Bertz CT molecular complexity index is 508. The Morgan fingerprint density at radius 1 is 1.58 bits per heavy atom. The van der Waals surface area contributed by atoms with Gasteiger partial charge in [0.1, 0.15) is 4.90 Å². The lowest BCUT2D eigenvalue weighted by Crippen LogP contribution is -2.32. The third-order valence-corrected chi connectivity index (χ3v) is 4.75. The first-order valence-corrected chi connectivity index (χ1v) is 8.15. The molecule has 0 spiro atoms. The molecule has 1 unspecified atom stereocenters. The Hall–Kier alpha value is -0.920. The molecule has 108 valence electrons. The van der Waals surface area contributed by atoms with Gasteiger partial charge in [0.25, 0.3) is 0 Å². The summed E-state index contributed by atoms with van der Waals surface area (Å²) in [6, 6.07) is -0.0432. The summed E-state index contributed by atoms with van der Waals surface area (Å²) in [7, 11) is -3.48. The molecule has 1 saturated carbocycles. The average molecular weight is 287 g/mol. The molecule has 1 aliphatic rings. The fraction of sp³-hybridized carbons (Fsp3) is 0.750. The number of rotatable bonds is 8. The molecule has 19 heavy (non-hydrogen) atoms. The maximum atomic E-state index is 12.1. The zero-order chi connectivity index (χ0) is 13.9. The van der Waals surface area contributed by atoms with Crippen LogP contribution in [0.4, 0.5) is 0 Å². The smallest absolute Gasteiger partial charge is 0.243 e. The van der Waals surface area contributed by atoms with E-state index in [4.69, 9.17) is 5.11 Å². The second kappa shape index (κ2) is 6.02. The van der Waals surface area contributed by atoms with Crippen LogP contribution in [0.3, 0.4) is 0 Å². The first-order valence-electron chi connectivity index (χ1n) is 6.67. The summed E-state index contributed by atoms with van der Waals surface area (Å²) < 4.78 is 28.5. The third kappa shape index (κ3) is 4.29. The molecule has 7 heteroatoms. The fourth-order valence-electron chi connectivity index (χ4n) is 2.07. The summed E-state index contributed by atoms with van der Waals surface area (Å²) in [5.41, 5.74) is 0. The number of hydrogen-bond acceptors (Lipinski definition) is 4. The van der Waals surface area contributed by atoms with Crippen molar-refractivity contribution in [2.24, 2.45) is 5.92 Å². The molecule has 2 N–H and O–H groups in total. The number of nitrogens with one attached hydrogen (secondary N) is 1. The van der Waals surface area contributed by atoms with Crippen LogP contribution in [0.2, 0.25) is 0 Å². The monoisotopic (exact) mass is 287 g/mol. The molecule has 1 aromatic rings. The summed E-state index contributed by atoms with van der Waals surface area (Å²) in [4.78, 5) is 0.188. The van der Waals surface area contributed by atoms with Gasteiger partial charge in [0.05, 0.1) is 6.20 Å². The number of aliphatic hydroxyl groups excluding tert-OH is 1. The van der Waals surface area contributed by atoms with E-state index in [1.807, 2.05) is 6.92 Å². The van der Waals surface area contributed by atoms with Gasteiger partial charge in [-0.15, -0.1) is 0 Å². The number of nitrogens with zero attached hydrogens (tertiary/aromatic N) is 2. The Kier molecular flexibility index (Phi) is 4.59. The average Bonchev–Trinajstić information content (AvgIpc) is 3.00. The van der Waals surface area contributed by atoms with E-state index in [0.29, 0.717) is 18.9 Å². The summed E-state index contributed by atoms with van der Waals surface area (Å²) in [5, 5.41) is 12.7. The van der Waals surface area contributed by atoms with E-state index in [1.165, 1.54) is 29.9 Å². The third-order valence-electron chi connectivity index (χ3n) is 3.21. The molecule has 1 aromatic heterocycles. The molecule has 1 fully saturated rings. The maximum absolute atomic E-state index is 12.1. The highest BCUT2D eigenvalue weighted by atomic mass is 32.2. The maximum Gasteiger partial charge on any atom is 0.243 e. The largest absolute Gasteiger partial charge is 0.396 e. The van der Waals surface area contributed by atoms with E-state index in [2.05, 4.69) is 9.82 Å². The quantitative estimate of drug-likeness (QED) is 0.738. The highest BCUT2D eigenvalue weighted by Gasteiger charge is 2.26. The van der Waals surface area contributed by atoms with Crippen LogP contribution in [0.5, 0.6) is 0 Å². The predicted molar refractivity (Wildman–Crippen MR) is 71.1 cm³/mol. The van der Waals surface area contributed by atoms with Crippen LogP contribution in [-0.4, -0.2) is 36.0 Å². The van der Waals surface area contributed by atoms with Crippen LogP contribution >= 0.6 is 0 Å². The minimum atomic E-state index is -3.48. The van der Waals surface area contributed by atoms with Gasteiger partial charge in [-0.25, -0.2) is 13.1 Å². The van der Waals surface area contributed by atoms with Crippen molar-refractivity contribution < 1.29 is 13.5 Å². The number of hydrogen-bond donors (Lipinski definition) is 2. The Morgan fingerprint density at radius 3 is 2.95 bits per heavy atom. The zero-order valence-corrected chi connectivity index (χ0v) is 11.9. The summed E-state index contributed by atoms with van der Waals surface area (Å²) in [6.45, 7) is 2.48. The second-order valence-corrected chi connectivity index (χ2v) is 6.93. The molecule has 0 aromatic carbocycles. The highest BCUT2D eigenvalue weighted by molar-refractivity contribution is 7.89. The van der Waals surface area contributed by atoms with Crippen molar-refractivity contribution in [2.75, 3.05) is 6.61 Å². The molecule has 0 radical (unpaired) electrons. The lowest BCUT2D eigenvalue weighted by molar-refractivity contribution is 0.277. The number of aryl methyl sites for hydroxylation is 1. The van der Waals surface area contributed by atoms with Gasteiger partial charge in [-0.05, 0) is 25.7 Å². The van der Waals surface area contributed by atoms with E-state index in [-0.39, 0.29) is 17.5 Å². The lowest BCUT2D eigenvalue weighted by atomic mass is 10.2. The van der Waals surface area contributed by atoms with Gasteiger partial charge in [0.15, 0.2) is 0 Å². The molecule has 1 atom stereocenters. The van der Waals surface area contributed by atoms with Crippen molar-refractivity contribution in [3.8, 4) is 0 Å². The van der Waals surface area contributed by atoms with E-state index in [1.54, 1.807) is 0 Å². The topological polar surface area (TPSA) is 84.2 Å². The van der Waals surface area contributed by atoms with Crippen molar-refractivity contribution in [2.45, 2.75) is 50.1 Å². The number of aromatic nitrogens is 2. The molecule has 1 heterocycles. The second-order valence-electron chi connectivity index (χ2n) is 5.22. The fourth-order valence-corrected chi connectivity index (χ4v) is 3.28. The van der Waals surface area contributed by atoms with E-state index in [9.17, 15) is 8.42 Å². The molecular weight excluding hydrogens is 266 g/mol. The standard InChI is InChI=1S/C12H21N3O3S/c1-10(7-11-3-4-11)14-19(17,18)12-8-13-15(9-12)5-2-6-16/h8-11,14,16H,2-7H2,1H3. The van der Waals surface area contributed by atoms with Gasteiger partial charge in [-0.2, -0.15) is 5.10 Å². The normalized spacial score (nSPS) is 17.6. The summed E-state index contributed by atoms with van der Waals surface area (Å²) in [5.74, 6) is 0.685. The molecule has 2 rings (SSSR count). The Balaban J connectivity index is 1.95. The Morgan fingerprint density at radius 2 is 2.32 bits per heavy atom. The molecular formula is C12H21N3O3S. The van der Waals surface area contributed by atoms with Crippen LogP contribution in [0.25, 0.3) is 0 Å². The van der Waals surface area contributed by atoms with Crippen molar-refractivity contribution >= 4 is 10.0 Å². The molecule has 0 saturated heterocycles. The van der Waals surface area contributed by atoms with Gasteiger partial charge in [-0.3, -0.25) is 4.68 Å². The highest BCUT2D eigenvalue weighted by Crippen LogP contribution is 2.33. The van der Waals surface area contributed by atoms with Crippen LogP contribution in [-0.2, 0) is 16.6 Å². The lowest BCUT2D eigenvalue weighted by Gasteiger charge is -2.12. The summed E-state index contributed by atoms with van der Waals surface area (Å²) in [6.07, 6.45) is 6.74. The van der Waals surface area contributed by atoms with E-state index in [0.717, 1.165) is 6.42 Å². The van der Waals surface area contributed by atoms with E-state index < -0.39 is 10.0 Å². The van der Waals surface area contributed by atoms with Crippen LogP contribution < -0.4 is 4.72 Å². The first-order chi connectivity index (χ1) is 9.01. The first kappa shape index (κ1) is 14.5. The molecule has 0 aliphatic heterocycles. The van der Waals surface area contributed by atoms with E-state index >= 15 is 0 Å². The molecule has 6 nitrogen and oxygen atoms in total. The molecule has 0 bridgehead atoms. The SMILES string of the molecule is CC(CC1CC1)NS(=O)(=O)c1cnn(CCCO)c1. The van der Waals surface area contributed by atoms with Crippen LogP contribution in [0.1, 0.15) is 32.6 Å². The van der Waals surface area contributed by atoms with Gasteiger partial charge in [0, 0.05) is 25.4 Å². The van der Waals surface area contributed by atoms with Gasteiger partial charge < -0.3 is 5.11 Å². The number of sulfonamides is 1. The zero-order valence-electron chi connectivity index (χ0n) is 11.1. The minimum Gasteiger partial charge on any atom is -0.396 e. The summed E-state index contributed by atoms with van der Waals surface area (Å²) >= 11 is 0. The van der Waals surface area contributed by atoms with Crippen molar-refractivity contribution in [1.82, 2.24) is 14.5 Å². The van der Waals surface area contributed by atoms with Crippen LogP contribution in [0.15, 0.2) is 17.3 Å². The van der Waals surface area contributed by atoms with Crippen LogP contribution in [0, 0.1) is 5.92 Å². The van der Waals surface area contributed by atoms with Gasteiger partial charge >= 0.3 is 0 Å². The van der Waals surface area contributed by atoms with Gasteiger partial charge in [-0.1, -0.05) is 12.8 Å². The Labute approximate surface area is 113 Å². The van der Waals surface area contributed by atoms with Crippen molar-refractivity contribution in [3.05, 3.63) is 12.4 Å². The minimum absolute atomic E-state index is 0.0432. The van der Waals surface area contributed by atoms with Crippen molar-refractivity contribution in [1.29, 1.82) is 0 Å². The van der Waals surface area contributed by atoms with Gasteiger partial charge in [0.2, 0.25) is 10.0 Å². The molecule has 1 aliphatic carbocycles. The predicted octanol–water partition coefficient (Wildman–Crippen LogP) is 0.732. The number of aliphatic hydroxyl groups is 1. The molecule has 0 amide bonds.